The van der Waals surface area contributed by atoms with Crippen LogP contribution in [-0.2, 0) is 14.3 Å². The van der Waals surface area contributed by atoms with E-state index in [2.05, 4.69) is 4.99 Å². The van der Waals surface area contributed by atoms with E-state index in [4.69, 9.17) is 9.47 Å². The molecule has 0 radical (unpaired) electrons. The van der Waals surface area contributed by atoms with Crippen LogP contribution in [0.5, 0.6) is 0 Å². The van der Waals surface area contributed by atoms with E-state index in [9.17, 15) is 9.90 Å². The molecule has 1 rings (SSSR count). The number of carbonyl (C=O) groups excluding carboxylic acids is 1. The van der Waals surface area contributed by atoms with Gasteiger partial charge < -0.3 is 14.6 Å². The number of aliphatic imine (C=N–C) groups is 1. The van der Waals surface area contributed by atoms with Gasteiger partial charge in [0.05, 0.1) is 18.4 Å². The fraction of sp³-hybridized carbons (Fsp3) is 0.600. The summed E-state index contributed by atoms with van der Waals surface area (Å²) in [6.07, 6.45) is 6.97. The van der Waals surface area contributed by atoms with Crippen LogP contribution in [0.25, 0.3) is 0 Å². The molecule has 112 valence electrons. The first-order chi connectivity index (χ1) is 9.71. The molecule has 1 heterocycles. The highest BCUT2D eigenvalue weighted by molar-refractivity contribution is 5.93. The summed E-state index contributed by atoms with van der Waals surface area (Å²) < 4.78 is 10.2. The molecular weight excluding hydrogens is 258 g/mol. The Bertz CT molecular complexity index is 393. The summed E-state index contributed by atoms with van der Waals surface area (Å²) in [4.78, 5) is 15.7. The first kappa shape index (κ1) is 16.4. The molecule has 0 saturated carbocycles. The molecule has 20 heavy (non-hydrogen) atoms. The molecule has 0 bridgehead atoms. The van der Waals surface area contributed by atoms with E-state index < -0.39 is 5.97 Å². The summed E-state index contributed by atoms with van der Waals surface area (Å²) in [6, 6.07) is 0. The van der Waals surface area contributed by atoms with Crippen LogP contribution in [0.15, 0.2) is 28.5 Å². The Labute approximate surface area is 120 Å². The summed E-state index contributed by atoms with van der Waals surface area (Å²) in [5, 5.41) is 9.17. The number of hydrogen-bond donors (Lipinski definition) is 1. The molecule has 0 atom stereocenters. The monoisotopic (exact) mass is 281 g/mol. The molecule has 0 aliphatic carbocycles. The van der Waals surface area contributed by atoms with Crippen LogP contribution in [-0.4, -0.2) is 44.2 Å². The van der Waals surface area contributed by atoms with E-state index in [0.717, 1.165) is 44.3 Å². The third kappa shape index (κ3) is 5.57. The number of nitrogens with zero attached hydrogens (tertiary/aromatic N) is 1. The zero-order valence-electron chi connectivity index (χ0n) is 12.2. The molecule has 0 aromatic rings. The maximum absolute atomic E-state index is 11.6. The Morgan fingerprint density at radius 3 is 2.70 bits per heavy atom. The molecular formula is C15H23NO4. The van der Waals surface area contributed by atoms with Crippen molar-refractivity contribution in [1.82, 2.24) is 0 Å². The van der Waals surface area contributed by atoms with Crippen LogP contribution in [0.2, 0.25) is 0 Å². The van der Waals surface area contributed by atoms with Gasteiger partial charge in [0, 0.05) is 26.5 Å². The van der Waals surface area contributed by atoms with Crippen molar-refractivity contribution < 1.29 is 19.4 Å². The van der Waals surface area contributed by atoms with E-state index >= 15 is 0 Å². The molecule has 0 aromatic heterocycles. The molecule has 1 aliphatic heterocycles. The van der Waals surface area contributed by atoms with Gasteiger partial charge in [-0.25, -0.2) is 4.79 Å². The molecule has 1 N–H and O–H groups in total. The summed E-state index contributed by atoms with van der Waals surface area (Å²) in [6.45, 7) is 3.57. The molecule has 1 saturated heterocycles. The number of aliphatic hydroxyl groups is 1. The van der Waals surface area contributed by atoms with Gasteiger partial charge in [-0.15, -0.1) is 0 Å². The zero-order valence-corrected chi connectivity index (χ0v) is 12.2. The Hall–Kier alpha value is -1.62. The van der Waals surface area contributed by atoms with Crippen LogP contribution in [0, 0.1) is 5.92 Å². The number of aliphatic hydroxyl groups excluding tert-OH is 1. The number of hydrogen-bond acceptors (Lipinski definition) is 5. The van der Waals surface area contributed by atoms with E-state index in [-0.39, 0.29) is 12.2 Å². The van der Waals surface area contributed by atoms with Gasteiger partial charge >= 0.3 is 5.97 Å². The average molecular weight is 281 g/mol. The van der Waals surface area contributed by atoms with Crippen molar-refractivity contribution >= 4 is 12.2 Å². The number of carbonyl (C=O) groups is 1. The predicted molar refractivity (Wildman–Crippen MR) is 78.0 cm³/mol. The van der Waals surface area contributed by atoms with Gasteiger partial charge in [0.1, 0.15) is 0 Å². The van der Waals surface area contributed by atoms with Crippen LogP contribution < -0.4 is 0 Å². The second kappa shape index (κ2) is 9.31. The van der Waals surface area contributed by atoms with Crippen LogP contribution in [0.1, 0.15) is 26.2 Å². The topological polar surface area (TPSA) is 68.1 Å². The number of ether oxygens (including phenoxy) is 2. The van der Waals surface area contributed by atoms with Crippen LogP contribution >= 0.6 is 0 Å². The molecule has 0 unspecified atom stereocenters. The predicted octanol–water partition coefficient (Wildman–Crippen LogP) is 2.44. The van der Waals surface area contributed by atoms with E-state index in [1.165, 1.54) is 0 Å². The van der Waals surface area contributed by atoms with E-state index in [1.54, 1.807) is 26.3 Å². The van der Waals surface area contributed by atoms with Gasteiger partial charge in [-0.1, -0.05) is 0 Å². The maximum Gasteiger partial charge on any atom is 0.341 e. The molecule has 1 fully saturated rings. The lowest BCUT2D eigenvalue weighted by atomic mass is 9.92. The molecule has 5 nitrogen and oxygen atoms in total. The first-order valence-electron chi connectivity index (χ1n) is 6.93. The highest BCUT2D eigenvalue weighted by atomic mass is 16.5. The minimum Gasteiger partial charge on any atom is -0.515 e. The average Bonchev–Trinajstić information content (AvgIpc) is 2.46. The Kier molecular flexibility index (Phi) is 7.65. The molecule has 5 heteroatoms. The van der Waals surface area contributed by atoms with Crippen molar-refractivity contribution in [2.45, 2.75) is 26.2 Å². The molecule has 0 spiro atoms. The summed E-state index contributed by atoms with van der Waals surface area (Å²) in [7, 11) is 1.69. The molecule has 0 amide bonds. The Balaban J connectivity index is 2.76. The molecule has 0 aromatic carbocycles. The second-order valence-electron chi connectivity index (χ2n) is 4.67. The Morgan fingerprint density at radius 2 is 2.15 bits per heavy atom. The number of esters is 1. The maximum atomic E-state index is 11.6. The number of allylic oxidation sites excluding steroid dienone is 1. The van der Waals surface area contributed by atoms with Gasteiger partial charge in [0.25, 0.3) is 0 Å². The van der Waals surface area contributed by atoms with Crippen molar-refractivity contribution in [1.29, 1.82) is 0 Å². The fourth-order valence-corrected chi connectivity index (χ4v) is 2.16. The Morgan fingerprint density at radius 1 is 1.45 bits per heavy atom. The lowest BCUT2D eigenvalue weighted by molar-refractivity contribution is -0.138. The normalized spacial score (nSPS) is 18.5. The van der Waals surface area contributed by atoms with Crippen LogP contribution in [0.4, 0.5) is 0 Å². The van der Waals surface area contributed by atoms with E-state index in [1.807, 2.05) is 0 Å². The zero-order chi connectivity index (χ0) is 14.8. The van der Waals surface area contributed by atoms with E-state index in [0.29, 0.717) is 5.92 Å². The number of rotatable bonds is 6. The second-order valence-corrected chi connectivity index (χ2v) is 4.67. The van der Waals surface area contributed by atoms with Crippen molar-refractivity contribution in [2.24, 2.45) is 10.9 Å². The lowest BCUT2D eigenvalue weighted by Crippen LogP contribution is -2.16. The van der Waals surface area contributed by atoms with Crippen molar-refractivity contribution in [3.63, 3.8) is 0 Å². The highest BCUT2D eigenvalue weighted by Gasteiger charge is 2.16. The third-order valence-electron chi connectivity index (χ3n) is 3.15. The lowest BCUT2D eigenvalue weighted by Gasteiger charge is -2.22. The van der Waals surface area contributed by atoms with Gasteiger partial charge in [-0.3, -0.25) is 4.99 Å². The van der Waals surface area contributed by atoms with Gasteiger partial charge in [-0.05, 0) is 43.8 Å². The van der Waals surface area contributed by atoms with Gasteiger partial charge in [0.2, 0.25) is 0 Å². The standard InChI is InChI=1S/C15H23NO4/c1-3-20-15(18)14(11-17)9-13(10-16-2)8-12-4-6-19-7-5-12/h9-12,17H,3-8H2,1-2H3. The quantitative estimate of drug-likeness (QED) is 0.267. The summed E-state index contributed by atoms with van der Waals surface area (Å²) in [5.74, 6) is -0.000816. The van der Waals surface area contributed by atoms with Crippen LogP contribution in [0.3, 0.4) is 0 Å². The smallest absolute Gasteiger partial charge is 0.341 e. The van der Waals surface area contributed by atoms with Crippen molar-refractivity contribution in [3.8, 4) is 0 Å². The van der Waals surface area contributed by atoms with Crippen molar-refractivity contribution in [3.05, 3.63) is 23.5 Å². The van der Waals surface area contributed by atoms with Gasteiger partial charge in [-0.2, -0.15) is 0 Å². The fourth-order valence-electron chi connectivity index (χ4n) is 2.16. The third-order valence-corrected chi connectivity index (χ3v) is 3.15. The summed E-state index contributed by atoms with van der Waals surface area (Å²) in [5.41, 5.74) is 1.06. The first-order valence-corrected chi connectivity index (χ1v) is 6.93. The largest absolute Gasteiger partial charge is 0.515 e. The molecule has 1 aliphatic rings. The van der Waals surface area contributed by atoms with Crippen molar-refractivity contribution in [2.75, 3.05) is 26.9 Å². The minimum absolute atomic E-state index is 0.147. The SMILES string of the molecule is CCOC(=O)C(C=C(C=NC)CC1CCOCC1)=CO. The van der Waals surface area contributed by atoms with Gasteiger partial charge in [0.15, 0.2) is 0 Å². The summed E-state index contributed by atoms with van der Waals surface area (Å²) >= 11 is 0. The highest BCUT2D eigenvalue weighted by Crippen LogP contribution is 2.23. The minimum atomic E-state index is -0.524.